The number of nitrogens with zero attached hydrogens (tertiary/aromatic N) is 1. The van der Waals surface area contributed by atoms with Crippen molar-refractivity contribution in [3.63, 3.8) is 0 Å². The molecule has 0 saturated carbocycles. The molecule has 0 aliphatic heterocycles. The molecule has 0 atom stereocenters. The quantitative estimate of drug-likeness (QED) is 0.629. The zero-order valence-corrected chi connectivity index (χ0v) is 11.6. The van der Waals surface area contributed by atoms with E-state index in [2.05, 4.69) is 22.0 Å². The second-order valence-corrected chi connectivity index (χ2v) is 4.85. The number of benzene rings is 2. The van der Waals surface area contributed by atoms with Crippen LogP contribution < -0.4 is 0 Å². The Labute approximate surface area is 120 Å². The molecule has 0 saturated heterocycles. The van der Waals surface area contributed by atoms with Gasteiger partial charge in [-0.25, -0.2) is 0 Å². The molecule has 0 N–H and O–H groups in total. The number of halogens is 1. The van der Waals surface area contributed by atoms with Crippen LogP contribution in [-0.2, 0) is 0 Å². The molecule has 0 unspecified atom stereocenters. The molecular formula is C16H10BrNO. The first-order valence-corrected chi connectivity index (χ1v) is 6.46. The van der Waals surface area contributed by atoms with Crippen molar-refractivity contribution in [1.29, 1.82) is 5.26 Å². The Hall–Kier alpha value is -2.18. The molecule has 0 spiro atoms. The van der Waals surface area contributed by atoms with E-state index in [0.717, 1.165) is 10.0 Å². The summed E-state index contributed by atoms with van der Waals surface area (Å²) in [5, 5.41) is 8.69. The van der Waals surface area contributed by atoms with Crippen molar-refractivity contribution in [1.82, 2.24) is 0 Å². The van der Waals surface area contributed by atoms with Gasteiger partial charge in [-0.15, -0.1) is 0 Å². The third kappa shape index (κ3) is 3.64. The molecule has 0 aliphatic rings. The monoisotopic (exact) mass is 311 g/mol. The minimum Gasteiger partial charge on any atom is -0.289 e. The first-order chi connectivity index (χ1) is 9.19. The SMILES string of the molecule is N#Cc1ccc(C=CC(=O)c2ccc(Br)cc2)cc1. The summed E-state index contributed by atoms with van der Waals surface area (Å²) in [6, 6.07) is 16.3. The number of hydrogen-bond acceptors (Lipinski definition) is 2. The molecule has 0 heterocycles. The van der Waals surface area contributed by atoms with Gasteiger partial charge in [-0.3, -0.25) is 4.79 Å². The van der Waals surface area contributed by atoms with Gasteiger partial charge < -0.3 is 0 Å². The van der Waals surface area contributed by atoms with Crippen molar-refractivity contribution in [2.45, 2.75) is 0 Å². The molecular weight excluding hydrogens is 302 g/mol. The van der Waals surface area contributed by atoms with Gasteiger partial charge in [0.15, 0.2) is 5.78 Å². The summed E-state index contributed by atoms with van der Waals surface area (Å²) < 4.78 is 0.945. The van der Waals surface area contributed by atoms with Gasteiger partial charge in [-0.1, -0.05) is 34.1 Å². The van der Waals surface area contributed by atoms with Gasteiger partial charge in [0.1, 0.15) is 0 Å². The molecule has 0 fully saturated rings. The van der Waals surface area contributed by atoms with Crippen molar-refractivity contribution in [3.8, 4) is 6.07 Å². The number of rotatable bonds is 3. The third-order valence-electron chi connectivity index (χ3n) is 2.60. The van der Waals surface area contributed by atoms with Crippen molar-refractivity contribution in [2.75, 3.05) is 0 Å². The second-order valence-electron chi connectivity index (χ2n) is 3.94. The highest BCUT2D eigenvalue weighted by molar-refractivity contribution is 9.10. The largest absolute Gasteiger partial charge is 0.289 e. The molecule has 3 heteroatoms. The summed E-state index contributed by atoms with van der Waals surface area (Å²) in [6.07, 6.45) is 3.27. The summed E-state index contributed by atoms with van der Waals surface area (Å²) in [6.45, 7) is 0. The fraction of sp³-hybridized carbons (Fsp3) is 0. The highest BCUT2D eigenvalue weighted by Crippen LogP contribution is 2.12. The van der Waals surface area contributed by atoms with E-state index in [1.54, 1.807) is 30.3 Å². The molecule has 2 rings (SSSR count). The van der Waals surface area contributed by atoms with E-state index in [0.29, 0.717) is 11.1 Å². The zero-order chi connectivity index (χ0) is 13.7. The van der Waals surface area contributed by atoms with Crippen LogP contribution in [0.15, 0.2) is 59.1 Å². The highest BCUT2D eigenvalue weighted by Gasteiger charge is 2.00. The van der Waals surface area contributed by atoms with Gasteiger partial charge in [-0.2, -0.15) is 5.26 Å². The average Bonchev–Trinajstić information content (AvgIpc) is 2.46. The molecule has 0 aromatic heterocycles. The summed E-state index contributed by atoms with van der Waals surface area (Å²) >= 11 is 3.33. The molecule has 0 radical (unpaired) electrons. The first-order valence-electron chi connectivity index (χ1n) is 5.67. The maximum atomic E-state index is 11.9. The van der Waals surface area contributed by atoms with Crippen molar-refractivity contribution >= 4 is 27.8 Å². The number of nitriles is 1. The predicted molar refractivity (Wildman–Crippen MR) is 78.7 cm³/mol. The van der Waals surface area contributed by atoms with Gasteiger partial charge in [-0.05, 0) is 48.0 Å². The predicted octanol–water partition coefficient (Wildman–Crippen LogP) is 4.22. The van der Waals surface area contributed by atoms with Gasteiger partial charge >= 0.3 is 0 Å². The number of carbonyl (C=O) groups is 1. The highest BCUT2D eigenvalue weighted by atomic mass is 79.9. The first kappa shape index (κ1) is 13.3. The Morgan fingerprint density at radius 1 is 1.05 bits per heavy atom. The Balaban J connectivity index is 2.11. The zero-order valence-electron chi connectivity index (χ0n) is 10.0. The van der Waals surface area contributed by atoms with Crippen LogP contribution in [0.1, 0.15) is 21.5 Å². The van der Waals surface area contributed by atoms with Crippen LogP contribution in [0.3, 0.4) is 0 Å². The average molecular weight is 312 g/mol. The fourth-order valence-corrected chi connectivity index (χ4v) is 1.82. The maximum Gasteiger partial charge on any atom is 0.185 e. The molecule has 92 valence electrons. The molecule has 0 bridgehead atoms. The van der Waals surface area contributed by atoms with E-state index < -0.39 is 0 Å². The van der Waals surface area contributed by atoms with Gasteiger partial charge in [0.25, 0.3) is 0 Å². The van der Waals surface area contributed by atoms with Crippen LogP contribution >= 0.6 is 15.9 Å². The Bertz CT molecular complexity index is 649. The van der Waals surface area contributed by atoms with E-state index in [4.69, 9.17) is 5.26 Å². The van der Waals surface area contributed by atoms with Gasteiger partial charge in [0.05, 0.1) is 11.6 Å². The van der Waals surface area contributed by atoms with Crippen molar-refractivity contribution < 1.29 is 4.79 Å². The van der Waals surface area contributed by atoms with E-state index in [-0.39, 0.29) is 5.78 Å². The minimum absolute atomic E-state index is 0.0446. The minimum atomic E-state index is -0.0446. The summed E-state index contributed by atoms with van der Waals surface area (Å²) in [7, 11) is 0. The summed E-state index contributed by atoms with van der Waals surface area (Å²) in [5.41, 5.74) is 2.15. The normalized spacial score (nSPS) is 10.3. The van der Waals surface area contributed by atoms with Crippen molar-refractivity contribution in [3.05, 3.63) is 75.8 Å². The maximum absolute atomic E-state index is 11.9. The Morgan fingerprint density at radius 3 is 2.26 bits per heavy atom. The number of allylic oxidation sites excluding steroid dienone is 1. The lowest BCUT2D eigenvalue weighted by Crippen LogP contribution is -1.93. The Kier molecular flexibility index (Phi) is 4.27. The van der Waals surface area contributed by atoms with E-state index >= 15 is 0 Å². The fourth-order valence-electron chi connectivity index (χ4n) is 1.55. The number of ketones is 1. The van der Waals surface area contributed by atoms with Crippen molar-refractivity contribution in [2.24, 2.45) is 0 Å². The van der Waals surface area contributed by atoms with Gasteiger partial charge in [0.2, 0.25) is 0 Å². The lowest BCUT2D eigenvalue weighted by molar-refractivity contribution is 0.104. The van der Waals surface area contributed by atoms with E-state index in [1.807, 2.05) is 24.3 Å². The van der Waals surface area contributed by atoms with Crippen LogP contribution in [0.2, 0.25) is 0 Å². The second kappa shape index (κ2) is 6.12. The molecule has 2 aromatic rings. The molecule has 19 heavy (non-hydrogen) atoms. The van der Waals surface area contributed by atoms with E-state index in [9.17, 15) is 4.79 Å². The van der Waals surface area contributed by atoms with Crippen LogP contribution in [0, 0.1) is 11.3 Å². The number of hydrogen-bond donors (Lipinski definition) is 0. The topological polar surface area (TPSA) is 40.9 Å². The van der Waals surface area contributed by atoms with Crippen LogP contribution in [0.25, 0.3) is 6.08 Å². The molecule has 2 nitrogen and oxygen atoms in total. The van der Waals surface area contributed by atoms with Crippen LogP contribution in [0.4, 0.5) is 0 Å². The summed E-state index contributed by atoms with van der Waals surface area (Å²) in [4.78, 5) is 11.9. The summed E-state index contributed by atoms with van der Waals surface area (Å²) in [5.74, 6) is -0.0446. The smallest absolute Gasteiger partial charge is 0.185 e. The number of carbonyl (C=O) groups excluding carboxylic acids is 1. The molecule has 0 amide bonds. The third-order valence-corrected chi connectivity index (χ3v) is 3.12. The van der Waals surface area contributed by atoms with Gasteiger partial charge in [0, 0.05) is 10.0 Å². The molecule has 2 aromatic carbocycles. The standard InChI is InChI=1S/C16H10BrNO/c17-15-8-6-14(7-9-15)16(19)10-5-12-1-3-13(11-18)4-2-12/h1-10H. The Morgan fingerprint density at radius 2 is 1.68 bits per heavy atom. The lowest BCUT2D eigenvalue weighted by atomic mass is 10.1. The lowest BCUT2D eigenvalue weighted by Gasteiger charge is -1.96. The van der Waals surface area contributed by atoms with Crippen LogP contribution in [0.5, 0.6) is 0 Å². The molecule has 0 aliphatic carbocycles. The van der Waals surface area contributed by atoms with Crippen LogP contribution in [-0.4, -0.2) is 5.78 Å². The van der Waals surface area contributed by atoms with E-state index in [1.165, 1.54) is 6.08 Å².